The number of primary amides is 1. The molecule has 0 aliphatic heterocycles. The van der Waals surface area contributed by atoms with Gasteiger partial charge in [-0.25, -0.2) is 4.39 Å². The number of halogens is 1. The van der Waals surface area contributed by atoms with Gasteiger partial charge in [0.2, 0.25) is 5.91 Å². The highest BCUT2D eigenvalue weighted by Gasteiger charge is 2.03. The van der Waals surface area contributed by atoms with Gasteiger partial charge in [-0.3, -0.25) is 4.79 Å². The molecule has 4 nitrogen and oxygen atoms in total. The van der Waals surface area contributed by atoms with Crippen molar-refractivity contribution in [3.63, 3.8) is 0 Å². The first-order valence-corrected chi connectivity index (χ1v) is 5.31. The van der Waals surface area contributed by atoms with E-state index in [1.54, 1.807) is 0 Å². The molecule has 0 saturated heterocycles. The summed E-state index contributed by atoms with van der Waals surface area (Å²) in [6.07, 6.45) is 0.933. The molecule has 0 unspecified atom stereocenters. The first kappa shape index (κ1) is 13.1. The van der Waals surface area contributed by atoms with Crippen LogP contribution in [0, 0.1) is 17.1 Å². The maximum atomic E-state index is 13.3. The van der Waals surface area contributed by atoms with E-state index in [-0.39, 0.29) is 11.7 Å². The summed E-state index contributed by atoms with van der Waals surface area (Å²) in [5, 5.41) is 11.7. The lowest BCUT2D eigenvalue weighted by atomic mass is 10.1. The Kier molecular flexibility index (Phi) is 5.11. The van der Waals surface area contributed by atoms with Crippen molar-refractivity contribution >= 4 is 5.91 Å². The Bertz CT molecular complexity index is 440. The Morgan fingerprint density at radius 3 is 2.94 bits per heavy atom. The summed E-state index contributed by atoms with van der Waals surface area (Å²) in [7, 11) is 0. The Morgan fingerprint density at radius 2 is 2.29 bits per heavy atom. The third-order valence-corrected chi connectivity index (χ3v) is 2.27. The summed E-state index contributed by atoms with van der Waals surface area (Å²) < 4.78 is 13.3. The fourth-order valence-corrected chi connectivity index (χ4v) is 1.39. The molecular weight excluding hydrogens is 221 g/mol. The number of carbonyl (C=O) groups is 1. The van der Waals surface area contributed by atoms with Crippen LogP contribution in [0.5, 0.6) is 0 Å². The second-order valence-corrected chi connectivity index (χ2v) is 3.66. The maximum absolute atomic E-state index is 13.3. The van der Waals surface area contributed by atoms with Crippen molar-refractivity contribution < 1.29 is 9.18 Å². The van der Waals surface area contributed by atoms with Crippen LogP contribution in [0.3, 0.4) is 0 Å². The second kappa shape index (κ2) is 6.61. The number of nitrogens with zero attached hydrogens (tertiary/aromatic N) is 1. The van der Waals surface area contributed by atoms with Gasteiger partial charge in [0.15, 0.2) is 0 Å². The lowest BCUT2D eigenvalue weighted by molar-refractivity contribution is -0.118. The summed E-state index contributed by atoms with van der Waals surface area (Å²) in [6, 6.07) is 6.18. The minimum Gasteiger partial charge on any atom is -0.370 e. The van der Waals surface area contributed by atoms with Crippen LogP contribution < -0.4 is 11.1 Å². The molecule has 0 spiro atoms. The number of hydrogen-bond donors (Lipinski definition) is 2. The van der Waals surface area contributed by atoms with Crippen molar-refractivity contribution in [2.24, 2.45) is 5.73 Å². The number of benzene rings is 1. The molecule has 5 heteroatoms. The number of amides is 1. The highest BCUT2D eigenvalue weighted by Crippen LogP contribution is 2.09. The van der Waals surface area contributed by atoms with Gasteiger partial charge in [0.05, 0.1) is 11.6 Å². The summed E-state index contributed by atoms with van der Waals surface area (Å²) >= 11 is 0. The average Bonchev–Trinajstić information content (AvgIpc) is 2.30. The van der Waals surface area contributed by atoms with Crippen LogP contribution >= 0.6 is 0 Å². The van der Waals surface area contributed by atoms with Crippen molar-refractivity contribution in [1.82, 2.24) is 5.32 Å². The monoisotopic (exact) mass is 235 g/mol. The maximum Gasteiger partial charge on any atom is 0.217 e. The summed E-state index contributed by atoms with van der Waals surface area (Å²) in [5.74, 6) is -0.684. The highest BCUT2D eigenvalue weighted by molar-refractivity contribution is 5.73. The first-order chi connectivity index (χ1) is 8.13. The van der Waals surface area contributed by atoms with Crippen molar-refractivity contribution in [2.75, 3.05) is 6.54 Å². The van der Waals surface area contributed by atoms with E-state index in [1.165, 1.54) is 18.2 Å². The Hall–Kier alpha value is -1.93. The highest BCUT2D eigenvalue weighted by atomic mass is 19.1. The quantitative estimate of drug-likeness (QED) is 0.723. The molecule has 17 heavy (non-hydrogen) atoms. The van der Waals surface area contributed by atoms with Crippen LogP contribution in [0.1, 0.15) is 24.0 Å². The van der Waals surface area contributed by atoms with E-state index in [2.05, 4.69) is 5.32 Å². The van der Waals surface area contributed by atoms with Crippen molar-refractivity contribution in [2.45, 2.75) is 19.4 Å². The molecule has 1 amide bonds. The third kappa shape index (κ3) is 4.62. The third-order valence-electron chi connectivity index (χ3n) is 2.27. The molecular formula is C12H14FN3O. The second-order valence-electron chi connectivity index (χ2n) is 3.66. The fourth-order valence-electron chi connectivity index (χ4n) is 1.39. The van der Waals surface area contributed by atoms with Gasteiger partial charge in [-0.15, -0.1) is 0 Å². The van der Waals surface area contributed by atoms with Gasteiger partial charge in [-0.1, -0.05) is 0 Å². The van der Waals surface area contributed by atoms with Gasteiger partial charge in [-0.2, -0.15) is 5.26 Å². The number of nitriles is 1. The van der Waals surface area contributed by atoms with Gasteiger partial charge in [0.1, 0.15) is 5.82 Å². The van der Waals surface area contributed by atoms with Crippen molar-refractivity contribution in [3.05, 3.63) is 35.1 Å². The van der Waals surface area contributed by atoms with Gasteiger partial charge in [0, 0.05) is 18.5 Å². The van der Waals surface area contributed by atoms with Gasteiger partial charge >= 0.3 is 0 Å². The molecule has 1 rings (SSSR count). The molecule has 0 aromatic heterocycles. The Balaban J connectivity index is 2.41. The van der Waals surface area contributed by atoms with E-state index in [4.69, 9.17) is 11.0 Å². The standard InChI is InChI=1S/C12H14FN3O/c13-11-4-3-9(7-14)6-10(11)8-16-5-1-2-12(15)17/h3-4,6,16H,1-2,5,8H2,(H2,15,17). The molecule has 0 heterocycles. The predicted molar refractivity (Wildman–Crippen MR) is 61.3 cm³/mol. The van der Waals surface area contributed by atoms with Crippen LogP contribution in [0.15, 0.2) is 18.2 Å². The minimum absolute atomic E-state index is 0.313. The van der Waals surface area contributed by atoms with Crippen LogP contribution in [0.25, 0.3) is 0 Å². The molecule has 0 aliphatic rings. The zero-order valence-corrected chi connectivity index (χ0v) is 9.37. The molecule has 0 aliphatic carbocycles. The largest absolute Gasteiger partial charge is 0.370 e. The number of carbonyl (C=O) groups excluding carboxylic acids is 1. The molecule has 0 bridgehead atoms. The number of rotatable bonds is 6. The minimum atomic E-state index is -0.343. The number of nitrogens with two attached hydrogens (primary N) is 1. The zero-order chi connectivity index (χ0) is 12.7. The molecule has 3 N–H and O–H groups in total. The van der Waals surface area contributed by atoms with Crippen LogP contribution in [-0.2, 0) is 11.3 Å². The van der Waals surface area contributed by atoms with Gasteiger partial charge < -0.3 is 11.1 Å². The number of nitrogens with one attached hydrogen (secondary N) is 1. The van der Waals surface area contributed by atoms with E-state index in [9.17, 15) is 9.18 Å². The topological polar surface area (TPSA) is 78.9 Å². The van der Waals surface area contributed by atoms with Gasteiger partial charge in [-0.05, 0) is 31.2 Å². The lowest BCUT2D eigenvalue weighted by Gasteiger charge is -2.05. The van der Waals surface area contributed by atoms with Crippen LogP contribution in [0.2, 0.25) is 0 Å². The molecule has 1 aromatic rings. The van der Waals surface area contributed by atoms with Crippen LogP contribution in [-0.4, -0.2) is 12.5 Å². The Morgan fingerprint density at radius 1 is 1.53 bits per heavy atom. The van der Waals surface area contributed by atoms with Gasteiger partial charge in [0.25, 0.3) is 0 Å². The SMILES string of the molecule is N#Cc1ccc(F)c(CNCCCC(N)=O)c1. The van der Waals surface area contributed by atoms with E-state index in [1.807, 2.05) is 6.07 Å². The van der Waals surface area contributed by atoms with E-state index in [0.29, 0.717) is 37.1 Å². The zero-order valence-electron chi connectivity index (χ0n) is 9.37. The van der Waals surface area contributed by atoms with Crippen molar-refractivity contribution in [1.29, 1.82) is 5.26 Å². The molecule has 90 valence electrons. The first-order valence-electron chi connectivity index (χ1n) is 5.31. The summed E-state index contributed by atoms with van der Waals surface area (Å²) in [6.45, 7) is 0.916. The fraction of sp³-hybridized carbons (Fsp3) is 0.333. The average molecular weight is 235 g/mol. The molecule has 1 aromatic carbocycles. The van der Waals surface area contributed by atoms with E-state index >= 15 is 0 Å². The lowest BCUT2D eigenvalue weighted by Crippen LogP contribution is -2.18. The Labute approximate surface area is 99.2 Å². The molecule has 0 saturated carbocycles. The molecule has 0 radical (unpaired) electrons. The van der Waals surface area contributed by atoms with Crippen molar-refractivity contribution in [3.8, 4) is 6.07 Å². The smallest absolute Gasteiger partial charge is 0.217 e. The summed E-state index contributed by atoms with van der Waals surface area (Å²) in [4.78, 5) is 10.5. The van der Waals surface area contributed by atoms with E-state index < -0.39 is 0 Å². The van der Waals surface area contributed by atoms with Crippen LogP contribution in [0.4, 0.5) is 4.39 Å². The molecule has 0 fully saturated rings. The van der Waals surface area contributed by atoms with E-state index in [0.717, 1.165) is 0 Å². The number of hydrogen-bond acceptors (Lipinski definition) is 3. The normalized spacial score (nSPS) is 9.88. The molecule has 0 atom stereocenters. The predicted octanol–water partition coefficient (Wildman–Crippen LogP) is 1.05. The summed E-state index contributed by atoms with van der Waals surface area (Å²) in [5.41, 5.74) is 5.86.